The fourth-order valence-corrected chi connectivity index (χ4v) is 6.56. The van der Waals surface area contributed by atoms with Crippen LogP contribution in [0.4, 0.5) is 5.82 Å². The Hall–Kier alpha value is -2.70. The van der Waals surface area contributed by atoms with Gasteiger partial charge in [0, 0.05) is 40.7 Å². The zero-order valence-electron chi connectivity index (χ0n) is 17.7. The molecule has 9 heteroatoms. The van der Waals surface area contributed by atoms with Crippen molar-refractivity contribution in [3.63, 3.8) is 0 Å². The molecule has 2 N–H and O–H groups in total. The molecule has 32 heavy (non-hydrogen) atoms. The van der Waals surface area contributed by atoms with Gasteiger partial charge in [0.25, 0.3) is 0 Å². The van der Waals surface area contributed by atoms with E-state index in [4.69, 9.17) is 17.1 Å². The van der Waals surface area contributed by atoms with Crippen LogP contribution >= 0.6 is 23.5 Å². The summed E-state index contributed by atoms with van der Waals surface area (Å²) in [6, 6.07) is 4.33. The maximum Gasteiger partial charge on any atom is 0.209 e. The summed E-state index contributed by atoms with van der Waals surface area (Å²) >= 11 is 3.45. The fourth-order valence-electron chi connectivity index (χ4n) is 4.37. The predicted molar refractivity (Wildman–Crippen MR) is 128 cm³/mol. The van der Waals surface area contributed by atoms with Crippen LogP contribution in [0.1, 0.15) is 30.4 Å². The van der Waals surface area contributed by atoms with Crippen molar-refractivity contribution in [2.45, 2.75) is 47.2 Å². The molecule has 2 aliphatic heterocycles. The van der Waals surface area contributed by atoms with Gasteiger partial charge in [-0.05, 0) is 49.3 Å². The number of likely N-dealkylation sites (tertiary alicyclic amines) is 1. The highest BCUT2D eigenvalue weighted by Gasteiger charge is 2.22. The molecule has 1 amide bonds. The number of benzene rings is 1. The van der Waals surface area contributed by atoms with Crippen LogP contribution in [0.2, 0.25) is 0 Å². The molecule has 0 aliphatic carbocycles. The van der Waals surface area contributed by atoms with Crippen LogP contribution in [-0.2, 0) is 17.8 Å². The van der Waals surface area contributed by atoms with Gasteiger partial charge in [0.15, 0.2) is 22.1 Å². The number of nitrogens with zero attached hydrogens (tertiary/aromatic N) is 5. The van der Waals surface area contributed by atoms with E-state index in [9.17, 15) is 4.79 Å². The number of terminal acetylenes is 1. The molecule has 164 valence electrons. The molecule has 5 rings (SSSR count). The Labute approximate surface area is 195 Å². The Morgan fingerprint density at radius 2 is 2.16 bits per heavy atom. The van der Waals surface area contributed by atoms with E-state index < -0.39 is 0 Å². The molecule has 1 aromatic carbocycles. The van der Waals surface area contributed by atoms with Gasteiger partial charge in [-0.15, -0.1) is 18.2 Å². The number of piperidine rings is 1. The van der Waals surface area contributed by atoms with Gasteiger partial charge in [0.05, 0.1) is 0 Å². The van der Waals surface area contributed by atoms with Crippen molar-refractivity contribution in [2.75, 3.05) is 24.6 Å². The van der Waals surface area contributed by atoms with Gasteiger partial charge in [-0.3, -0.25) is 4.79 Å². The third kappa shape index (κ3) is 4.05. The van der Waals surface area contributed by atoms with Crippen LogP contribution in [0.15, 0.2) is 33.4 Å². The number of thioether (sulfide) groups is 1. The molecule has 0 bridgehead atoms. The average Bonchev–Trinajstić information content (AvgIpc) is 3.42. The molecular weight excluding hydrogens is 440 g/mol. The zero-order chi connectivity index (χ0) is 22.1. The number of aromatic nitrogens is 4. The minimum absolute atomic E-state index is 0.386. The minimum Gasteiger partial charge on any atom is -0.382 e. The minimum atomic E-state index is 0.386. The van der Waals surface area contributed by atoms with Crippen molar-refractivity contribution in [3.05, 3.63) is 29.6 Å². The number of nitrogens with two attached hydrogens (primary N) is 1. The lowest BCUT2D eigenvalue weighted by Gasteiger charge is -2.29. The van der Waals surface area contributed by atoms with Crippen molar-refractivity contribution < 1.29 is 4.79 Å². The summed E-state index contributed by atoms with van der Waals surface area (Å²) in [7, 11) is 0. The van der Waals surface area contributed by atoms with Gasteiger partial charge in [-0.25, -0.2) is 15.0 Å². The van der Waals surface area contributed by atoms with Gasteiger partial charge in [-0.2, -0.15) is 0 Å². The maximum absolute atomic E-state index is 11.0. The first-order valence-electron chi connectivity index (χ1n) is 10.8. The van der Waals surface area contributed by atoms with E-state index in [1.54, 1.807) is 11.8 Å². The van der Waals surface area contributed by atoms with Crippen LogP contribution < -0.4 is 5.73 Å². The smallest absolute Gasteiger partial charge is 0.209 e. The second kappa shape index (κ2) is 9.04. The van der Waals surface area contributed by atoms with Crippen LogP contribution in [0, 0.1) is 18.3 Å². The fraction of sp³-hybridized carbons (Fsp3) is 0.391. The summed E-state index contributed by atoms with van der Waals surface area (Å²) in [6.07, 6.45) is 12.4. The van der Waals surface area contributed by atoms with E-state index in [-0.39, 0.29) is 0 Å². The van der Waals surface area contributed by atoms with E-state index in [2.05, 4.69) is 32.6 Å². The first kappa shape index (κ1) is 21.2. The summed E-state index contributed by atoms with van der Waals surface area (Å²) in [5.41, 5.74) is 9.73. The summed E-state index contributed by atoms with van der Waals surface area (Å²) in [5, 5.41) is 0.831. The second-order valence-electron chi connectivity index (χ2n) is 8.15. The molecule has 0 spiro atoms. The molecule has 2 aromatic heterocycles. The van der Waals surface area contributed by atoms with Crippen molar-refractivity contribution >= 4 is 46.9 Å². The standard InChI is InChI=1S/C23H24N6OS2/c1-2-16-11-17-6-10-31-18(17)12-19(16)32-23-27-20-21(24)25-13-26-22(20)29(23)9-5-15-3-7-28(14-30)8-4-15/h1,11-15H,3-10H2,(H2,24,25,26). The molecule has 0 radical (unpaired) electrons. The number of amides is 1. The number of imidazole rings is 1. The van der Waals surface area contributed by atoms with Gasteiger partial charge < -0.3 is 15.2 Å². The number of carbonyl (C=O) groups is 1. The van der Waals surface area contributed by atoms with Gasteiger partial charge in [0.1, 0.15) is 6.33 Å². The van der Waals surface area contributed by atoms with Crippen molar-refractivity contribution in [3.8, 4) is 12.3 Å². The Bertz CT molecular complexity index is 1210. The quantitative estimate of drug-likeness (QED) is 0.441. The van der Waals surface area contributed by atoms with Crippen LogP contribution in [0.3, 0.4) is 0 Å². The van der Waals surface area contributed by atoms with Gasteiger partial charge in [-0.1, -0.05) is 17.7 Å². The SMILES string of the molecule is C#Cc1cc2c(cc1Sc1nc3c(N)ncnc3n1CCC1CCN(C=O)CC1)SCC2. The summed E-state index contributed by atoms with van der Waals surface area (Å²) < 4.78 is 2.14. The molecule has 0 unspecified atom stereocenters. The van der Waals surface area contributed by atoms with Crippen molar-refractivity contribution in [1.29, 1.82) is 0 Å². The molecule has 7 nitrogen and oxygen atoms in total. The van der Waals surface area contributed by atoms with Crippen LogP contribution in [-0.4, -0.2) is 49.7 Å². The number of carbonyl (C=O) groups excluding carboxylic acids is 1. The van der Waals surface area contributed by atoms with Gasteiger partial charge >= 0.3 is 0 Å². The molecular formula is C23H24N6OS2. The Kier molecular flexibility index (Phi) is 5.98. The number of nitrogen functional groups attached to an aromatic ring is 1. The number of hydrogen-bond acceptors (Lipinski definition) is 7. The van der Waals surface area contributed by atoms with E-state index in [0.717, 1.165) is 78.7 Å². The van der Waals surface area contributed by atoms with Crippen molar-refractivity contribution in [2.24, 2.45) is 5.92 Å². The van der Waals surface area contributed by atoms with Crippen molar-refractivity contribution in [1.82, 2.24) is 24.4 Å². The molecule has 1 fully saturated rings. The number of hydrogen-bond donors (Lipinski definition) is 1. The highest BCUT2D eigenvalue weighted by Crippen LogP contribution is 2.39. The Balaban J connectivity index is 1.45. The van der Waals surface area contributed by atoms with E-state index in [1.807, 2.05) is 16.7 Å². The van der Waals surface area contributed by atoms with E-state index >= 15 is 0 Å². The summed E-state index contributed by atoms with van der Waals surface area (Å²) in [4.78, 5) is 28.6. The first-order chi connectivity index (χ1) is 15.7. The molecule has 1 saturated heterocycles. The average molecular weight is 465 g/mol. The third-order valence-corrected chi connectivity index (χ3v) is 8.38. The lowest BCUT2D eigenvalue weighted by atomic mass is 9.94. The number of aryl methyl sites for hydroxylation is 2. The normalized spacial score (nSPS) is 16.3. The van der Waals surface area contributed by atoms with Gasteiger partial charge in [0.2, 0.25) is 6.41 Å². The monoisotopic (exact) mass is 464 g/mol. The number of rotatable bonds is 6. The van der Waals surface area contributed by atoms with E-state index in [1.165, 1.54) is 16.8 Å². The maximum atomic E-state index is 11.0. The Morgan fingerprint density at radius 1 is 1.31 bits per heavy atom. The molecule has 3 aromatic rings. The third-order valence-electron chi connectivity index (χ3n) is 6.23. The number of anilines is 1. The highest BCUT2D eigenvalue weighted by molar-refractivity contribution is 8.00. The Morgan fingerprint density at radius 3 is 2.94 bits per heavy atom. The lowest BCUT2D eigenvalue weighted by molar-refractivity contribution is -0.119. The lowest BCUT2D eigenvalue weighted by Crippen LogP contribution is -2.32. The van der Waals surface area contributed by atoms with Crippen LogP contribution in [0.25, 0.3) is 11.2 Å². The molecule has 0 atom stereocenters. The largest absolute Gasteiger partial charge is 0.382 e. The first-order valence-corrected chi connectivity index (χ1v) is 12.6. The topological polar surface area (TPSA) is 89.9 Å². The molecule has 4 heterocycles. The zero-order valence-corrected chi connectivity index (χ0v) is 19.3. The molecule has 2 aliphatic rings. The highest BCUT2D eigenvalue weighted by atomic mass is 32.2. The summed E-state index contributed by atoms with van der Waals surface area (Å²) in [6.45, 7) is 2.44. The number of fused-ring (bicyclic) bond motifs is 2. The predicted octanol–water partition coefficient (Wildman–Crippen LogP) is 3.45. The summed E-state index contributed by atoms with van der Waals surface area (Å²) in [5.74, 6) is 4.90. The second-order valence-corrected chi connectivity index (χ2v) is 10.3. The molecule has 0 saturated carbocycles. The van der Waals surface area contributed by atoms with E-state index in [0.29, 0.717) is 17.3 Å². The van der Waals surface area contributed by atoms with Crippen LogP contribution in [0.5, 0.6) is 0 Å².